The Morgan fingerprint density at radius 3 is 2.71 bits per heavy atom. The molecule has 0 saturated carbocycles. The van der Waals surface area contributed by atoms with Gasteiger partial charge in [-0.3, -0.25) is 0 Å². The summed E-state index contributed by atoms with van der Waals surface area (Å²) in [6.45, 7) is 2.35. The Kier molecular flexibility index (Phi) is 4.81. The zero-order valence-corrected chi connectivity index (χ0v) is 12.5. The first kappa shape index (κ1) is 15.3. The van der Waals surface area contributed by atoms with Crippen molar-refractivity contribution in [3.05, 3.63) is 63.9 Å². The number of nitrogens with one attached hydrogen (secondary N) is 1. The fraction of sp³-hybridized carbons (Fsp3) is 0.188. The summed E-state index contributed by atoms with van der Waals surface area (Å²) >= 11 is 5.65. The van der Waals surface area contributed by atoms with Gasteiger partial charge in [-0.1, -0.05) is 23.7 Å². The van der Waals surface area contributed by atoms with Crippen LogP contribution in [0.5, 0.6) is 0 Å². The molecule has 0 aliphatic rings. The van der Waals surface area contributed by atoms with Gasteiger partial charge in [0.05, 0.1) is 17.7 Å². The SMILES string of the molecule is COC(=O)c1ccc(C)c(NCc2ccc(Cl)c(F)c2)c1. The van der Waals surface area contributed by atoms with Gasteiger partial charge in [0.1, 0.15) is 5.82 Å². The molecule has 3 nitrogen and oxygen atoms in total. The van der Waals surface area contributed by atoms with Gasteiger partial charge in [0.15, 0.2) is 0 Å². The number of anilines is 1. The molecular weight excluding hydrogens is 293 g/mol. The molecule has 0 amide bonds. The summed E-state index contributed by atoms with van der Waals surface area (Å²) in [7, 11) is 1.34. The van der Waals surface area contributed by atoms with Gasteiger partial charge in [-0.2, -0.15) is 0 Å². The Morgan fingerprint density at radius 1 is 1.29 bits per heavy atom. The van der Waals surface area contributed by atoms with E-state index in [1.54, 1.807) is 18.2 Å². The zero-order valence-electron chi connectivity index (χ0n) is 11.7. The van der Waals surface area contributed by atoms with E-state index in [1.165, 1.54) is 19.2 Å². The van der Waals surface area contributed by atoms with Crippen molar-refractivity contribution < 1.29 is 13.9 Å². The molecule has 0 heterocycles. The average Bonchev–Trinajstić information content (AvgIpc) is 2.49. The Balaban J connectivity index is 2.15. The number of rotatable bonds is 4. The number of aryl methyl sites for hydroxylation is 1. The Hall–Kier alpha value is -2.07. The van der Waals surface area contributed by atoms with Crippen molar-refractivity contribution in [1.82, 2.24) is 0 Å². The highest BCUT2D eigenvalue weighted by Gasteiger charge is 2.08. The van der Waals surface area contributed by atoms with E-state index in [4.69, 9.17) is 16.3 Å². The van der Waals surface area contributed by atoms with Gasteiger partial charge in [0, 0.05) is 12.2 Å². The van der Waals surface area contributed by atoms with Crippen LogP contribution >= 0.6 is 11.6 Å². The third-order valence-corrected chi connectivity index (χ3v) is 3.43. The van der Waals surface area contributed by atoms with Crippen molar-refractivity contribution in [3.8, 4) is 0 Å². The Morgan fingerprint density at radius 2 is 2.05 bits per heavy atom. The molecule has 0 saturated heterocycles. The van der Waals surface area contributed by atoms with Crippen molar-refractivity contribution in [2.75, 3.05) is 12.4 Å². The van der Waals surface area contributed by atoms with Crippen molar-refractivity contribution in [2.24, 2.45) is 0 Å². The highest BCUT2D eigenvalue weighted by Crippen LogP contribution is 2.20. The number of halogens is 2. The van der Waals surface area contributed by atoms with E-state index in [0.29, 0.717) is 12.1 Å². The van der Waals surface area contributed by atoms with Crippen LogP contribution in [0.15, 0.2) is 36.4 Å². The zero-order chi connectivity index (χ0) is 15.4. The molecule has 5 heteroatoms. The number of ether oxygens (including phenoxy) is 1. The normalized spacial score (nSPS) is 10.3. The van der Waals surface area contributed by atoms with Gasteiger partial charge in [-0.15, -0.1) is 0 Å². The molecule has 0 unspecified atom stereocenters. The van der Waals surface area contributed by atoms with E-state index < -0.39 is 11.8 Å². The average molecular weight is 308 g/mol. The lowest BCUT2D eigenvalue weighted by Crippen LogP contribution is -2.05. The number of methoxy groups -OCH3 is 1. The summed E-state index contributed by atoms with van der Waals surface area (Å²) in [6, 6.07) is 9.90. The molecule has 1 N–H and O–H groups in total. The van der Waals surface area contributed by atoms with Crippen LogP contribution in [0.1, 0.15) is 21.5 Å². The van der Waals surface area contributed by atoms with Crippen LogP contribution in [0.25, 0.3) is 0 Å². The largest absolute Gasteiger partial charge is 0.465 e. The summed E-state index contributed by atoms with van der Waals surface area (Å²) in [6.07, 6.45) is 0. The predicted molar refractivity (Wildman–Crippen MR) is 81.3 cm³/mol. The Bertz CT molecular complexity index is 673. The van der Waals surface area contributed by atoms with Crippen molar-refractivity contribution in [3.63, 3.8) is 0 Å². The van der Waals surface area contributed by atoms with Crippen LogP contribution in [0.2, 0.25) is 5.02 Å². The van der Waals surface area contributed by atoms with E-state index in [-0.39, 0.29) is 5.02 Å². The maximum atomic E-state index is 13.4. The number of esters is 1. The summed E-state index contributed by atoms with van der Waals surface area (Å²) in [5.74, 6) is -0.841. The van der Waals surface area contributed by atoms with Gasteiger partial charge in [0.2, 0.25) is 0 Å². The molecule has 2 aromatic rings. The molecule has 21 heavy (non-hydrogen) atoms. The molecule has 0 spiro atoms. The first-order chi connectivity index (χ1) is 10.0. The third-order valence-electron chi connectivity index (χ3n) is 3.13. The van der Waals surface area contributed by atoms with Crippen molar-refractivity contribution in [2.45, 2.75) is 13.5 Å². The van der Waals surface area contributed by atoms with Crippen LogP contribution in [0.3, 0.4) is 0 Å². The molecule has 110 valence electrons. The van der Waals surface area contributed by atoms with Gasteiger partial charge in [0.25, 0.3) is 0 Å². The van der Waals surface area contributed by atoms with Crippen molar-refractivity contribution in [1.29, 1.82) is 0 Å². The fourth-order valence-corrected chi connectivity index (χ4v) is 2.02. The maximum Gasteiger partial charge on any atom is 0.337 e. The summed E-state index contributed by atoms with van der Waals surface area (Å²) < 4.78 is 18.1. The highest BCUT2D eigenvalue weighted by atomic mass is 35.5. The topological polar surface area (TPSA) is 38.3 Å². The molecule has 0 atom stereocenters. The van der Waals surface area contributed by atoms with E-state index in [0.717, 1.165) is 16.8 Å². The lowest BCUT2D eigenvalue weighted by Gasteiger charge is -2.11. The van der Waals surface area contributed by atoms with E-state index in [1.807, 2.05) is 13.0 Å². The number of carbonyl (C=O) groups is 1. The van der Waals surface area contributed by atoms with Crippen LogP contribution in [-0.2, 0) is 11.3 Å². The van der Waals surface area contributed by atoms with Crippen molar-refractivity contribution >= 4 is 23.3 Å². The highest BCUT2D eigenvalue weighted by molar-refractivity contribution is 6.30. The lowest BCUT2D eigenvalue weighted by atomic mass is 10.1. The van der Waals surface area contributed by atoms with Gasteiger partial charge in [-0.25, -0.2) is 9.18 Å². The van der Waals surface area contributed by atoms with Gasteiger partial charge >= 0.3 is 5.97 Å². The van der Waals surface area contributed by atoms with Gasteiger partial charge < -0.3 is 10.1 Å². The van der Waals surface area contributed by atoms with E-state index >= 15 is 0 Å². The molecule has 0 aromatic heterocycles. The van der Waals surface area contributed by atoms with E-state index in [9.17, 15) is 9.18 Å². The molecule has 0 radical (unpaired) electrons. The smallest absolute Gasteiger partial charge is 0.337 e. The minimum absolute atomic E-state index is 0.0996. The number of hydrogen-bond donors (Lipinski definition) is 1. The molecule has 2 aromatic carbocycles. The standard InChI is InChI=1S/C16H15ClFNO2/c1-10-3-5-12(16(20)21-2)8-15(10)19-9-11-4-6-13(17)14(18)7-11/h3-8,19H,9H2,1-2H3. The fourth-order valence-electron chi connectivity index (χ4n) is 1.90. The van der Waals surface area contributed by atoms with E-state index in [2.05, 4.69) is 5.32 Å². The first-order valence-corrected chi connectivity index (χ1v) is 6.76. The van der Waals surface area contributed by atoms with Crippen LogP contribution < -0.4 is 5.32 Å². The first-order valence-electron chi connectivity index (χ1n) is 6.38. The minimum Gasteiger partial charge on any atom is -0.465 e. The molecule has 0 aliphatic heterocycles. The molecule has 0 bridgehead atoms. The maximum absolute atomic E-state index is 13.4. The van der Waals surface area contributed by atoms with Crippen LogP contribution in [0, 0.1) is 12.7 Å². The van der Waals surface area contributed by atoms with Crippen LogP contribution in [-0.4, -0.2) is 13.1 Å². The molecule has 2 rings (SSSR count). The summed E-state index contributed by atoms with van der Waals surface area (Å²) in [4.78, 5) is 11.5. The third kappa shape index (κ3) is 3.73. The predicted octanol–water partition coefficient (Wildman–Crippen LogP) is 4.19. The number of benzene rings is 2. The lowest BCUT2D eigenvalue weighted by molar-refractivity contribution is 0.0601. The van der Waals surface area contributed by atoms with Crippen LogP contribution in [0.4, 0.5) is 10.1 Å². The summed E-state index contributed by atoms with van der Waals surface area (Å²) in [5, 5.41) is 3.28. The van der Waals surface area contributed by atoms with Gasteiger partial charge in [-0.05, 0) is 42.3 Å². The summed E-state index contributed by atoms with van der Waals surface area (Å²) in [5.41, 5.74) is 3.01. The quantitative estimate of drug-likeness (QED) is 0.861. The minimum atomic E-state index is -0.448. The second-order valence-corrected chi connectivity index (χ2v) is 5.03. The number of hydrogen-bond acceptors (Lipinski definition) is 3. The molecule has 0 fully saturated rings. The number of carbonyl (C=O) groups excluding carboxylic acids is 1. The second kappa shape index (κ2) is 6.59. The molecular formula is C16H15ClFNO2. The second-order valence-electron chi connectivity index (χ2n) is 4.62. The monoisotopic (exact) mass is 307 g/mol. The molecule has 0 aliphatic carbocycles. The Labute approximate surface area is 127 Å².